The van der Waals surface area contributed by atoms with Crippen LogP contribution in [0.15, 0.2) is 55.2 Å². The molecule has 0 bridgehead atoms. The molecule has 4 aromatic heterocycles. The molecule has 9 heteroatoms. The number of hydrogen-bond donors (Lipinski definition) is 3. The monoisotopic (exact) mass is 442 g/mol. The first-order chi connectivity index (χ1) is 15.8. The topological polar surface area (TPSA) is 110 Å². The first-order valence-electron chi connectivity index (χ1n) is 10.7. The number of anilines is 1. The van der Waals surface area contributed by atoms with E-state index in [9.17, 15) is 0 Å². The quantitative estimate of drug-likeness (QED) is 0.386. The molecule has 0 saturated carbocycles. The molecule has 0 unspecified atom stereocenters. The van der Waals surface area contributed by atoms with Crippen LogP contribution in [0.1, 0.15) is 18.9 Å². The van der Waals surface area contributed by atoms with E-state index in [0.717, 1.165) is 69.0 Å². The normalized spacial score (nSPS) is 14.9. The SMILES string of the molecule is Nc1ncc(-c2cnn(C3CCNCC3)c2)cc1-c1nc2cccc(-c3cn[nH]c3)c2s1. The maximum absolute atomic E-state index is 6.29. The van der Waals surface area contributed by atoms with E-state index in [1.807, 2.05) is 36.9 Å². The minimum absolute atomic E-state index is 0.441. The molecule has 8 nitrogen and oxygen atoms in total. The minimum atomic E-state index is 0.441. The van der Waals surface area contributed by atoms with E-state index in [1.165, 1.54) is 0 Å². The zero-order chi connectivity index (χ0) is 21.5. The number of hydrogen-bond acceptors (Lipinski definition) is 7. The molecule has 0 amide bonds. The lowest BCUT2D eigenvalue weighted by atomic mass is 10.1. The number of nitrogens with two attached hydrogens (primary N) is 1. The van der Waals surface area contributed by atoms with Crippen LogP contribution in [-0.4, -0.2) is 43.0 Å². The summed E-state index contributed by atoms with van der Waals surface area (Å²) in [5, 5.41) is 15.8. The van der Waals surface area contributed by atoms with Gasteiger partial charge in [0.05, 0.1) is 34.2 Å². The van der Waals surface area contributed by atoms with E-state index in [1.54, 1.807) is 11.3 Å². The van der Waals surface area contributed by atoms with Gasteiger partial charge in [0.1, 0.15) is 10.8 Å². The van der Waals surface area contributed by atoms with Crippen molar-refractivity contribution in [3.8, 4) is 32.8 Å². The van der Waals surface area contributed by atoms with E-state index >= 15 is 0 Å². The van der Waals surface area contributed by atoms with Gasteiger partial charge in [0.2, 0.25) is 0 Å². The van der Waals surface area contributed by atoms with Crippen LogP contribution in [0.25, 0.3) is 43.0 Å². The van der Waals surface area contributed by atoms with Crippen LogP contribution in [0.2, 0.25) is 0 Å². The fourth-order valence-electron chi connectivity index (χ4n) is 4.25. The summed E-state index contributed by atoms with van der Waals surface area (Å²) in [6, 6.07) is 8.64. The minimum Gasteiger partial charge on any atom is -0.383 e. The van der Waals surface area contributed by atoms with Crippen molar-refractivity contribution in [2.45, 2.75) is 18.9 Å². The van der Waals surface area contributed by atoms with Gasteiger partial charge < -0.3 is 11.1 Å². The third kappa shape index (κ3) is 3.35. The summed E-state index contributed by atoms with van der Waals surface area (Å²) < 4.78 is 3.19. The number of aromatic nitrogens is 6. The number of nitrogens with zero attached hydrogens (tertiary/aromatic N) is 5. The molecule has 0 spiro atoms. The lowest BCUT2D eigenvalue weighted by Crippen LogP contribution is -2.29. The van der Waals surface area contributed by atoms with Crippen molar-refractivity contribution in [1.29, 1.82) is 0 Å². The number of aromatic amines is 1. The maximum Gasteiger partial charge on any atom is 0.133 e. The van der Waals surface area contributed by atoms with Gasteiger partial charge in [0.25, 0.3) is 0 Å². The third-order valence-corrected chi connectivity index (χ3v) is 7.13. The van der Waals surface area contributed by atoms with Crippen molar-refractivity contribution < 1.29 is 0 Å². The average molecular weight is 443 g/mol. The predicted octanol–water partition coefficient (Wildman–Crippen LogP) is 4.12. The van der Waals surface area contributed by atoms with Gasteiger partial charge >= 0.3 is 0 Å². The van der Waals surface area contributed by atoms with Crippen molar-refractivity contribution >= 4 is 27.4 Å². The Kier molecular flexibility index (Phi) is 4.70. The number of nitrogens with one attached hydrogen (secondary N) is 2. The smallest absolute Gasteiger partial charge is 0.133 e. The highest BCUT2D eigenvalue weighted by Crippen LogP contribution is 2.39. The molecular formula is C23H22N8S. The molecule has 6 rings (SSSR count). The van der Waals surface area contributed by atoms with Gasteiger partial charge in [-0.1, -0.05) is 12.1 Å². The van der Waals surface area contributed by atoms with Crippen LogP contribution >= 0.6 is 11.3 Å². The molecule has 4 N–H and O–H groups in total. The number of thiazole rings is 1. The molecule has 1 saturated heterocycles. The lowest BCUT2D eigenvalue weighted by molar-refractivity contribution is 0.343. The van der Waals surface area contributed by atoms with Gasteiger partial charge in [-0.25, -0.2) is 9.97 Å². The second kappa shape index (κ2) is 7.85. The molecule has 1 fully saturated rings. The van der Waals surface area contributed by atoms with E-state index in [-0.39, 0.29) is 0 Å². The van der Waals surface area contributed by atoms with Gasteiger partial charge in [-0.2, -0.15) is 10.2 Å². The Morgan fingerprint density at radius 3 is 2.78 bits per heavy atom. The molecular weight excluding hydrogens is 420 g/mol. The molecule has 160 valence electrons. The Labute approximate surface area is 188 Å². The molecule has 1 aliphatic rings. The van der Waals surface area contributed by atoms with E-state index in [2.05, 4.69) is 48.6 Å². The van der Waals surface area contributed by atoms with Gasteiger partial charge in [0, 0.05) is 40.8 Å². The number of benzene rings is 1. The Balaban J connectivity index is 1.39. The summed E-state index contributed by atoms with van der Waals surface area (Å²) in [5.41, 5.74) is 12.2. The van der Waals surface area contributed by atoms with Crippen LogP contribution in [0.4, 0.5) is 5.82 Å². The highest BCUT2D eigenvalue weighted by Gasteiger charge is 2.18. The standard InChI is InChI=1S/C23H22N8S/c24-22-19(23-30-20-3-1-2-18(21(20)32-23)15-10-27-28-11-15)8-14(9-26-22)16-12-29-31(13-16)17-4-6-25-7-5-17/h1-3,8-13,17,25H,4-7H2,(H2,24,26)(H,27,28). The fourth-order valence-corrected chi connectivity index (χ4v) is 5.38. The first kappa shape index (κ1) is 19.1. The molecule has 32 heavy (non-hydrogen) atoms. The summed E-state index contributed by atoms with van der Waals surface area (Å²) in [6.07, 6.45) is 11.7. The number of nitrogen functional groups attached to an aromatic ring is 1. The Morgan fingerprint density at radius 1 is 1.03 bits per heavy atom. The van der Waals surface area contributed by atoms with Crippen LogP contribution in [-0.2, 0) is 0 Å². The number of rotatable bonds is 4. The molecule has 1 aliphatic heterocycles. The Morgan fingerprint density at radius 2 is 1.94 bits per heavy atom. The Hall–Kier alpha value is -3.56. The van der Waals surface area contributed by atoms with Gasteiger partial charge in [0.15, 0.2) is 0 Å². The molecule has 5 heterocycles. The van der Waals surface area contributed by atoms with Gasteiger partial charge in [-0.05, 0) is 38.1 Å². The van der Waals surface area contributed by atoms with Crippen LogP contribution in [0, 0.1) is 0 Å². The number of piperidine rings is 1. The van der Waals surface area contributed by atoms with Crippen LogP contribution in [0.3, 0.4) is 0 Å². The molecule has 0 atom stereocenters. The lowest BCUT2D eigenvalue weighted by Gasteiger charge is -2.22. The molecule has 0 radical (unpaired) electrons. The van der Waals surface area contributed by atoms with Crippen molar-refractivity contribution in [1.82, 2.24) is 35.3 Å². The summed E-state index contributed by atoms with van der Waals surface area (Å²) in [5.74, 6) is 0.475. The van der Waals surface area contributed by atoms with Crippen molar-refractivity contribution in [3.63, 3.8) is 0 Å². The van der Waals surface area contributed by atoms with Crippen LogP contribution in [0.5, 0.6) is 0 Å². The summed E-state index contributed by atoms with van der Waals surface area (Å²) >= 11 is 1.62. The third-order valence-electron chi connectivity index (χ3n) is 5.99. The summed E-state index contributed by atoms with van der Waals surface area (Å²) in [6.45, 7) is 2.07. The number of pyridine rings is 1. The van der Waals surface area contributed by atoms with Crippen molar-refractivity contribution in [2.75, 3.05) is 18.8 Å². The summed E-state index contributed by atoms with van der Waals surface area (Å²) in [7, 11) is 0. The predicted molar refractivity (Wildman–Crippen MR) is 127 cm³/mol. The van der Waals surface area contributed by atoms with Crippen LogP contribution < -0.4 is 11.1 Å². The molecule has 1 aromatic carbocycles. The second-order valence-electron chi connectivity index (χ2n) is 8.01. The first-order valence-corrected chi connectivity index (χ1v) is 11.5. The zero-order valence-electron chi connectivity index (χ0n) is 17.3. The molecule has 0 aliphatic carbocycles. The second-order valence-corrected chi connectivity index (χ2v) is 9.01. The average Bonchev–Trinajstić information content (AvgIpc) is 3.60. The number of H-pyrrole nitrogens is 1. The van der Waals surface area contributed by atoms with Gasteiger partial charge in [-0.3, -0.25) is 9.78 Å². The maximum atomic E-state index is 6.29. The highest BCUT2D eigenvalue weighted by molar-refractivity contribution is 7.22. The highest BCUT2D eigenvalue weighted by atomic mass is 32.1. The number of fused-ring (bicyclic) bond motifs is 1. The van der Waals surface area contributed by atoms with E-state index in [4.69, 9.17) is 10.7 Å². The zero-order valence-corrected chi connectivity index (χ0v) is 18.1. The van der Waals surface area contributed by atoms with Crippen molar-refractivity contribution in [2.24, 2.45) is 0 Å². The molecule has 5 aromatic rings. The largest absolute Gasteiger partial charge is 0.383 e. The Bertz CT molecular complexity index is 1380. The summed E-state index contributed by atoms with van der Waals surface area (Å²) in [4.78, 5) is 9.35. The fraction of sp³-hybridized carbons (Fsp3) is 0.217. The van der Waals surface area contributed by atoms with E-state index < -0.39 is 0 Å². The van der Waals surface area contributed by atoms with Gasteiger partial charge in [-0.15, -0.1) is 11.3 Å². The van der Waals surface area contributed by atoms with E-state index in [0.29, 0.717) is 11.9 Å². The van der Waals surface area contributed by atoms with Crippen molar-refractivity contribution in [3.05, 3.63) is 55.2 Å².